The van der Waals surface area contributed by atoms with Crippen molar-refractivity contribution in [3.63, 3.8) is 0 Å². The Kier molecular flexibility index (Phi) is 7.04. The molecule has 0 spiro atoms. The first-order valence-corrected chi connectivity index (χ1v) is 9.36. The van der Waals surface area contributed by atoms with Crippen LogP contribution in [0.1, 0.15) is 28.7 Å². The van der Waals surface area contributed by atoms with Gasteiger partial charge in [0.2, 0.25) is 0 Å². The average molecular weight is 399 g/mol. The van der Waals surface area contributed by atoms with Crippen LogP contribution in [-0.4, -0.2) is 37.8 Å². The van der Waals surface area contributed by atoms with Crippen LogP contribution in [0.3, 0.4) is 0 Å². The lowest BCUT2D eigenvalue weighted by Gasteiger charge is -2.07. The molecule has 3 rings (SSSR count). The largest absolute Gasteiger partial charge is 0.491 e. The minimum atomic E-state index is -0.320. The maximum atomic E-state index is 12.4. The van der Waals surface area contributed by atoms with E-state index < -0.39 is 0 Å². The molecule has 154 valence electrons. The predicted molar refractivity (Wildman–Crippen MR) is 109 cm³/mol. The number of aromatic nitrogens is 1. The van der Waals surface area contributed by atoms with Gasteiger partial charge in [-0.25, -0.2) is 4.98 Å². The number of hydrogen-bond acceptors (Lipinski definition) is 7. The number of amides is 1. The first kappa shape index (κ1) is 20.6. The molecule has 0 saturated heterocycles. The van der Waals surface area contributed by atoms with Crippen molar-refractivity contribution < 1.29 is 23.4 Å². The molecule has 3 aromatic rings. The van der Waals surface area contributed by atoms with Gasteiger partial charge < -0.3 is 29.7 Å². The number of rotatable bonds is 10. The SMILES string of the molecule is CCOCCOc1ccc2cc(CNC(=O)c3ccc(COC)nc3N)oc2c1. The molecule has 0 aliphatic rings. The van der Waals surface area contributed by atoms with Crippen molar-refractivity contribution in [3.8, 4) is 5.75 Å². The zero-order chi connectivity index (χ0) is 20.6. The van der Waals surface area contributed by atoms with Gasteiger partial charge in [0, 0.05) is 25.2 Å². The minimum absolute atomic E-state index is 0.162. The first-order chi connectivity index (χ1) is 14.1. The molecule has 0 fully saturated rings. The van der Waals surface area contributed by atoms with E-state index in [-0.39, 0.29) is 18.3 Å². The number of nitrogens with zero attached hydrogens (tertiary/aromatic N) is 1. The maximum Gasteiger partial charge on any atom is 0.255 e. The molecule has 3 N–H and O–H groups in total. The molecule has 29 heavy (non-hydrogen) atoms. The lowest BCUT2D eigenvalue weighted by molar-refractivity contribution is 0.0948. The molecule has 1 aromatic carbocycles. The molecule has 8 nitrogen and oxygen atoms in total. The van der Waals surface area contributed by atoms with Gasteiger partial charge in [-0.3, -0.25) is 4.79 Å². The second kappa shape index (κ2) is 9.90. The van der Waals surface area contributed by atoms with Crippen molar-refractivity contribution in [1.82, 2.24) is 10.3 Å². The van der Waals surface area contributed by atoms with Crippen molar-refractivity contribution in [3.05, 3.63) is 53.4 Å². The highest BCUT2D eigenvalue weighted by Crippen LogP contribution is 2.24. The van der Waals surface area contributed by atoms with Crippen LogP contribution < -0.4 is 15.8 Å². The number of nitrogens with two attached hydrogens (primary N) is 1. The number of methoxy groups -OCH3 is 1. The van der Waals surface area contributed by atoms with Crippen molar-refractivity contribution in [2.45, 2.75) is 20.1 Å². The lowest BCUT2D eigenvalue weighted by atomic mass is 10.2. The number of pyridine rings is 1. The highest BCUT2D eigenvalue weighted by Gasteiger charge is 2.13. The van der Waals surface area contributed by atoms with Gasteiger partial charge >= 0.3 is 0 Å². The summed E-state index contributed by atoms with van der Waals surface area (Å²) in [4.78, 5) is 16.6. The number of benzene rings is 1. The third kappa shape index (κ3) is 5.46. The van der Waals surface area contributed by atoms with Gasteiger partial charge in [-0.15, -0.1) is 0 Å². The summed E-state index contributed by atoms with van der Waals surface area (Å²) in [6.45, 7) is 4.18. The van der Waals surface area contributed by atoms with E-state index in [0.29, 0.717) is 54.8 Å². The Hall–Kier alpha value is -3.10. The molecular formula is C21H25N3O5. The fourth-order valence-corrected chi connectivity index (χ4v) is 2.81. The Bertz CT molecular complexity index is 970. The molecule has 2 heterocycles. The van der Waals surface area contributed by atoms with Crippen molar-refractivity contribution >= 4 is 22.7 Å². The molecule has 0 unspecified atom stereocenters. The van der Waals surface area contributed by atoms with Crippen LogP contribution in [0.4, 0.5) is 5.82 Å². The number of carbonyl (C=O) groups excluding carboxylic acids is 1. The third-order valence-electron chi connectivity index (χ3n) is 4.19. The highest BCUT2D eigenvalue weighted by molar-refractivity contribution is 5.98. The monoisotopic (exact) mass is 399 g/mol. The summed E-state index contributed by atoms with van der Waals surface area (Å²) in [5, 5.41) is 3.73. The molecule has 1 amide bonds. The molecule has 0 aliphatic carbocycles. The fraction of sp³-hybridized carbons (Fsp3) is 0.333. The predicted octanol–water partition coefficient (Wildman–Crippen LogP) is 2.90. The molecule has 0 saturated carbocycles. The Morgan fingerprint density at radius 3 is 2.83 bits per heavy atom. The van der Waals surface area contributed by atoms with Crippen LogP contribution in [0.25, 0.3) is 11.0 Å². The standard InChI is InChI=1S/C21H25N3O5/c1-3-27-8-9-28-16-6-4-14-10-17(29-19(14)11-16)12-23-21(25)18-7-5-15(13-26-2)24-20(18)22/h4-7,10-11H,3,8-9,12-13H2,1-2H3,(H2,22,24)(H,23,25). The number of nitrogens with one attached hydrogen (secondary N) is 1. The molecule has 0 aliphatic heterocycles. The number of furan rings is 1. The van der Waals surface area contributed by atoms with E-state index in [0.717, 1.165) is 5.39 Å². The quantitative estimate of drug-likeness (QED) is 0.505. The number of ether oxygens (including phenoxy) is 3. The van der Waals surface area contributed by atoms with Crippen LogP contribution in [0, 0.1) is 0 Å². The van der Waals surface area contributed by atoms with Gasteiger partial charge in [0.1, 0.15) is 29.5 Å². The maximum absolute atomic E-state index is 12.4. The van der Waals surface area contributed by atoms with Crippen LogP contribution in [0.5, 0.6) is 5.75 Å². The minimum Gasteiger partial charge on any atom is -0.491 e. The first-order valence-electron chi connectivity index (χ1n) is 9.36. The number of carbonyl (C=O) groups is 1. The van der Waals surface area contributed by atoms with E-state index in [9.17, 15) is 4.79 Å². The summed E-state index contributed by atoms with van der Waals surface area (Å²) in [6, 6.07) is 10.8. The van der Waals surface area contributed by atoms with Gasteiger partial charge in [0.05, 0.1) is 31.0 Å². The van der Waals surface area contributed by atoms with Crippen molar-refractivity contribution in [1.29, 1.82) is 0 Å². The smallest absolute Gasteiger partial charge is 0.255 e. The van der Waals surface area contributed by atoms with Gasteiger partial charge in [0.25, 0.3) is 5.91 Å². The van der Waals surface area contributed by atoms with Crippen LogP contribution >= 0.6 is 0 Å². The number of fused-ring (bicyclic) bond motifs is 1. The number of nitrogen functional groups attached to an aromatic ring is 1. The van der Waals surface area contributed by atoms with E-state index in [1.54, 1.807) is 19.2 Å². The van der Waals surface area contributed by atoms with Crippen molar-refractivity contribution in [2.24, 2.45) is 0 Å². The van der Waals surface area contributed by atoms with Gasteiger partial charge in [-0.1, -0.05) is 0 Å². The topological polar surface area (TPSA) is 109 Å². The molecule has 8 heteroatoms. The summed E-state index contributed by atoms with van der Waals surface area (Å²) in [5.74, 6) is 1.18. The molecular weight excluding hydrogens is 374 g/mol. The molecule has 0 radical (unpaired) electrons. The third-order valence-corrected chi connectivity index (χ3v) is 4.19. The van der Waals surface area contributed by atoms with E-state index in [1.165, 1.54) is 0 Å². The van der Waals surface area contributed by atoms with Gasteiger partial charge in [-0.05, 0) is 37.3 Å². The lowest BCUT2D eigenvalue weighted by Crippen LogP contribution is -2.24. The second-order valence-corrected chi connectivity index (χ2v) is 6.31. The average Bonchev–Trinajstić information content (AvgIpc) is 3.12. The zero-order valence-corrected chi connectivity index (χ0v) is 16.6. The van der Waals surface area contributed by atoms with Crippen molar-refractivity contribution in [2.75, 3.05) is 32.7 Å². The van der Waals surface area contributed by atoms with Gasteiger partial charge in [0.15, 0.2) is 0 Å². The fourth-order valence-electron chi connectivity index (χ4n) is 2.81. The van der Waals surface area contributed by atoms with E-state index >= 15 is 0 Å². The highest BCUT2D eigenvalue weighted by atomic mass is 16.5. The van der Waals surface area contributed by atoms with Crippen LogP contribution in [0.15, 0.2) is 40.8 Å². The molecule has 0 atom stereocenters. The van der Waals surface area contributed by atoms with E-state index in [1.807, 2.05) is 31.2 Å². The Morgan fingerprint density at radius 2 is 2.07 bits per heavy atom. The second-order valence-electron chi connectivity index (χ2n) is 6.31. The van der Waals surface area contributed by atoms with E-state index in [2.05, 4.69) is 10.3 Å². The summed E-state index contributed by atoms with van der Waals surface area (Å²) >= 11 is 0. The summed E-state index contributed by atoms with van der Waals surface area (Å²) in [5.41, 5.74) is 7.55. The zero-order valence-electron chi connectivity index (χ0n) is 16.6. The van der Waals surface area contributed by atoms with Crippen LogP contribution in [0.2, 0.25) is 0 Å². The Labute approximate surface area is 168 Å². The van der Waals surface area contributed by atoms with Crippen LogP contribution in [-0.2, 0) is 22.6 Å². The number of anilines is 1. The molecule has 0 bridgehead atoms. The summed E-state index contributed by atoms with van der Waals surface area (Å²) in [7, 11) is 1.57. The van der Waals surface area contributed by atoms with E-state index in [4.69, 9.17) is 24.4 Å². The van der Waals surface area contributed by atoms with Gasteiger partial charge in [-0.2, -0.15) is 0 Å². The Balaban J connectivity index is 1.60. The Morgan fingerprint density at radius 1 is 1.21 bits per heavy atom. The normalized spacial score (nSPS) is 11.0. The summed E-state index contributed by atoms with van der Waals surface area (Å²) in [6.07, 6.45) is 0. The summed E-state index contributed by atoms with van der Waals surface area (Å²) < 4.78 is 21.7. The number of hydrogen-bond donors (Lipinski definition) is 2. The molecule has 2 aromatic heterocycles.